The Hall–Kier alpha value is -1.78. The number of aromatic nitrogens is 1. The number of nitrogens with one attached hydrogen (secondary N) is 1. The van der Waals surface area contributed by atoms with Crippen molar-refractivity contribution in [3.63, 3.8) is 0 Å². The molecule has 164 valence electrons. The molecule has 0 bridgehead atoms. The minimum atomic E-state index is -3.61. The van der Waals surface area contributed by atoms with Gasteiger partial charge >= 0.3 is 0 Å². The third kappa shape index (κ3) is 5.18. The summed E-state index contributed by atoms with van der Waals surface area (Å²) in [7, 11) is -3.61. The molecular formula is C21H22ClN3O3S3. The van der Waals surface area contributed by atoms with Gasteiger partial charge in [-0.2, -0.15) is 0 Å². The molecule has 31 heavy (non-hydrogen) atoms. The standard InChI is InChI=1S/C21H22ClN3O3S3/c1-14-19(21(26)25-10-2-3-11-25)30-20(24-14)16-12-18(29-13-16)31(27,28)23-9-8-15-4-6-17(22)7-5-15/h4-7,12-13,23H,2-3,8-11H2,1H3. The lowest BCUT2D eigenvalue weighted by Crippen LogP contribution is -2.27. The van der Waals surface area contributed by atoms with E-state index in [9.17, 15) is 13.2 Å². The van der Waals surface area contributed by atoms with Crippen LogP contribution in [0.5, 0.6) is 0 Å². The zero-order chi connectivity index (χ0) is 22.0. The molecule has 3 heterocycles. The van der Waals surface area contributed by atoms with Crippen LogP contribution in [0.1, 0.15) is 33.8 Å². The van der Waals surface area contributed by atoms with E-state index in [2.05, 4.69) is 9.71 Å². The number of likely N-dealkylation sites (tertiary alicyclic amines) is 1. The molecule has 0 unspecified atom stereocenters. The predicted molar refractivity (Wildman–Crippen MR) is 126 cm³/mol. The van der Waals surface area contributed by atoms with E-state index in [-0.39, 0.29) is 10.1 Å². The number of benzene rings is 1. The second-order valence-electron chi connectivity index (χ2n) is 7.36. The van der Waals surface area contributed by atoms with Crippen LogP contribution in [-0.4, -0.2) is 43.8 Å². The monoisotopic (exact) mass is 495 g/mol. The van der Waals surface area contributed by atoms with Crippen LogP contribution in [0.3, 0.4) is 0 Å². The number of amides is 1. The van der Waals surface area contributed by atoms with Gasteiger partial charge in [0.05, 0.1) is 5.69 Å². The number of aryl methyl sites for hydroxylation is 1. The average Bonchev–Trinajstić information content (AvgIpc) is 3.49. The van der Waals surface area contributed by atoms with Gasteiger partial charge in [0.15, 0.2) is 0 Å². The first-order valence-corrected chi connectivity index (χ1v) is 13.5. The van der Waals surface area contributed by atoms with Crippen LogP contribution in [0.15, 0.2) is 39.9 Å². The van der Waals surface area contributed by atoms with Gasteiger partial charge in [0.1, 0.15) is 14.1 Å². The Morgan fingerprint density at radius 1 is 1.23 bits per heavy atom. The maximum atomic E-state index is 12.7. The number of carbonyl (C=O) groups excluding carboxylic acids is 1. The Labute approximate surface area is 194 Å². The molecule has 1 amide bonds. The molecule has 0 atom stereocenters. The number of sulfonamides is 1. The zero-order valence-corrected chi connectivity index (χ0v) is 20.1. The lowest BCUT2D eigenvalue weighted by atomic mass is 10.2. The van der Waals surface area contributed by atoms with Gasteiger partial charge in [-0.05, 0) is 49.9 Å². The molecule has 3 aromatic rings. The number of thiazole rings is 1. The van der Waals surface area contributed by atoms with Crippen LogP contribution in [0.4, 0.5) is 0 Å². The highest BCUT2D eigenvalue weighted by Gasteiger charge is 2.25. The molecule has 0 aliphatic carbocycles. The van der Waals surface area contributed by atoms with Gasteiger partial charge in [-0.15, -0.1) is 22.7 Å². The molecular weight excluding hydrogens is 474 g/mol. The largest absolute Gasteiger partial charge is 0.338 e. The molecule has 0 saturated carbocycles. The molecule has 1 N–H and O–H groups in total. The second-order valence-corrected chi connectivity index (χ2v) is 11.7. The van der Waals surface area contributed by atoms with E-state index in [1.165, 1.54) is 11.3 Å². The van der Waals surface area contributed by atoms with E-state index in [4.69, 9.17) is 11.6 Å². The van der Waals surface area contributed by atoms with Crippen LogP contribution >= 0.6 is 34.3 Å². The molecule has 4 rings (SSSR count). The van der Waals surface area contributed by atoms with E-state index in [0.29, 0.717) is 33.6 Å². The molecule has 0 spiro atoms. The van der Waals surface area contributed by atoms with Gasteiger partial charge in [0, 0.05) is 35.6 Å². The van der Waals surface area contributed by atoms with Crippen LogP contribution in [0.25, 0.3) is 10.6 Å². The molecule has 2 aromatic heterocycles. The fourth-order valence-corrected chi connectivity index (χ4v) is 6.87. The summed E-state index contributed by atoms with van der Waals surface area (Å²) in [4.78, 5) is 19.7. The minimum Gasteiger partial charge on any atom is -0.338 e. The third-order valence-electron chi connectivity index (χ3n) is 5.09. The van der Waals surface area contributed by atoms with Crippen LogP contribution in [-0.2, 0) is 16.4 Å². The first kappa shape index (κ1) is 22.4. The summed E-state index contributed by atoms with van der Waals surface area (Å²) in [6.07, 6.45) is 2.64. The maximum absolute atomic E-state index is 12.7. The van der Waals surface area contributed by atoms with Gasteiger partial charge in [0.25, 0.3) is 5.91 Å². The van der Waals surface area contributed by atoms with Crippen molar-refractivity contribution in [2.45, 2.75) is 30.4 Å². The Kier molecular flexibility index (Phi) is 6.78. The third-order valence-corrected chi connectivity index (χ3v) is 9.44. The van der Waals surface area contributed by atoms with E-state index in [0.717, 1.165) is 48.4 Å². The molecule has 6 nitrogen and oxygen atoms in total. The summed E-state index contributed by atoms with van der Waals surface area (Å²) in [6, 6.07) is 8.96. The van der Waals surface area contributed by atoms with Gasteiger partial charge in [-0.25, -0.2) is 18.1 Å². The Morgan fingerprint density at radius 3 is 2.65 bits per heavy atom. The highest BCUT2D eigenvalue weighted by atomic mass is 35.5. The van der Waals surface area contributed by atoms with Gasteiger partial charge in [-0.1, -0.05) is 23.7 Å². The number of nitrogens with zero attached hydrogens (tertiary/aromatic N) is 2. The van der Waals surface area contributed by atoms with E-state index >= 15 is 0 Å². The summed E-state index contributed by atoms with van der Waals surface area (Å²) in [5.41, 5.74) is 2.41. The van der Waals surface area contributed by atoms with Gasteiger partial charge < -0.3 is 4.90 Å². The van der Waals surface area contributed by atoms with Crippen molar-refractivity contribution in [1.29, 1.82) is 0 Å². The highest BCUT2D eigenvalue weighted by Crippen LogP contribution is 2.33. The van der Waals surface area contributed by atoms with E-state index < -0.39 is 10.0 Å². The fraction of sp³-hybridized carbons (Fsp3) is 0.333. The number of rotatable bonds is 7. The van der Waals surface area contributed by atoms with Crippen molar-refractivity contribution in [2.24, 2.45) is 0 Å². The number of hydrogen-bond acceptors (Lipinski definition) is 6. The van der Waals surface area contributed by atoms with Crippen LogP contribution in [0, 0.1) is 6.92 Å². The molecule has 1 saturated heterocycles. The van der Waals surface area contributed by atoms with Gasteiger partial charge in [-0.3, -0.25) is 4.79 Å². The van der Waals surface area contributed by atoms with Crippen molar-refractivity contribution in [3.8, 4) is 10.6 Å². The van der Waals surface area contributed by atoms with E-state index in [1.807, 2.05) is 24.0 Å². The summed E-state index contributed by atoms with van der Waals surface area (Å²) in [5, 5.41) is 3.09. The fourth-order valence-electron chi connectivity index (χ4n) is 3.40. The number of hydrogen-bond donors (Lipinski definition) is 1. The van der Waals surface area contributed by atoms with Crippen molar-refractivity contribution >= 4 is 50.2 Å². The van der Waals surface area contributed by atoms with Gasteiger partial charge in [0.2, 0.25) is 10.0 Å². The summed E-state index contributed by atoms with van der Waals surface area (Å²) < 4.78 is 28.2. The SMILES string of the molecule is Cc1nc(-c2csc(S(=O)(=O)NCCc3ccc(Cl)cc3)c2)sc1C(=O)N1CCCC1. The van der Waals surface area contributed by atoms with Crippen molar-refractivity contribution < 1.29 is 13.2 Å². The summed E-state index contributed by atoms with van der Waals surface area (Å²) in [6.45, 7) is 3.69. The number of carbonyl (C=O) groups is 1. The number of halogens is 1. The lowest BCUT2D eigenvalue weighted by Gasteiger charge is -2.13. The average molecular weight is 496 g/mol. The molecule has 1 aromatic carbocycles. The Morgan fingerprint density at radius 2 is 1.94 bits per heavy atom. The predicted octanol–water partition coefficient (Wildman–Crippen LogP) is 4.59. The van der Waals surface area contributed by atoms with Crippen molar-refractivity contribution in [2.75, 3.05) is 19.6 Å². The molecule has 1 aliphatic heterocycles. The van der Waals surface area contributed by atoms with Crippen LogP contribution in [0.2, 0.25) is 5.02 Å². The first-order valence-electron chi connectivity index (χ1n) is 9.93. The molecule has 1 fully saturated rings. The molecule has 0 radical (unpaired) electrons. The van der Waals surface area contributed by atoms with Crippen molar-refractivity contribution in [3.05, 3.63) is 56.9 Å². The zero-order valence-electron chi connectivity index (χ0n) is 16.9. The molecule has 10 heteroatoms. The summed E-state index contributed by atoms with van der Waals surface area (Å²) in [5.74, 6) is 0.0192. The molecule has 1 aliphatic rings. The Bertz CT molecular complexity index is 1180. The van der Waals surface area contributed by atoms with Crippen molar-refractivity contribution in [1.82, 2.24) is 14.6 Å². The normalized spacial score (nSPS) is 14.3. The quantitative estimate of drug-likeness (QED) is 0.520. The second kappa shape index (κ2) is 9.38. The first-order chi connectivity index (χ1) is 14.8. The van der Waals surface area contributed by atoms with Crippen LogP contribution < -0.4 is 4.72 Å². The topological polar surface area (TPSA) is 79.4 Å². The highest BCUT2D eigenvalue weighted by molar-refractivity contribution is 7.91. The minimum absolute atomic E-state index is 0.0192. The summed E-state index contributed by atoms with van der Waals surface area (Å²) >= 11 is 8.36. The Balaban J connectivity index is 1.44. The maximum Gasteiger partial charge on any atom is 0.265 e. The number of thiophene rings is 1. The lowest BCUT2D eigenvalue weighted by molar-refractivity contribution is 0.0796. The van der Waals surface area contributed by atoms with E-state index in [1.54, 1.807) is 23.6 Å². The smallest absolute Gasteiger partial charge is 0.265 e.